The average Bonchev–Trinajstić information content (AvgIpc) is 2.75. The summed E-state index contributed by atoms with van der Waals surface area (Å²) >= 11 is 5.42. The lowest BCUT2D eigenvalue weighted by atomic mass is 9.70. The van der Waals surface area contributed by atoms with E-state index in [9.17, 15) is 0 Å². The van der Waals surface area contributed by atoms with Gasteiger partial charge >= 0.3 is 0 Å². The summed E-state index contributed by atoms with van der Waals surface area (Å²) < 4.78 is 1.25. The molecule has 0 saturated heterocycles. The Kier molecular flexibility index (Phi) is 5.50. The first-order valence-corrected chi connectivity index (χ1v) is 9.06. The highest BCUT2D eigenvalue weighted by molar-refractivity contribution is 9.10. The molecule has 0 atom stereocenters. The zero-order chi connectivity index (χ0) is 13.9. The van der Waals surface area contributed by atoms with Crippen LogP contribution in [0.1, 0.15) is 51.3 Å². The molecule has 0 bridgehead atoms. The third-order valence-electron chi connectivity index (χ3n) is 4.48. The third-order valence-corrected chi connectivity index (χ3v) is 6.41. The Morgan fingerprint density at radius 3 is 2.47 bits per heavy atom. The SMILES string of the molecule is CC(C)(C)C1CCC(CNCc2sccc2Br)CC1. The Bertz CT molecular complexity index is 386. The summed E-state index contributed by atoms with van der Waals surface area (Å²) in [4.78, 5) is 1.42. The predicted molar refractivity (Wildman–Crippen MR) is 88.6 cm³/mol. The molecule has 0 aliphatic heterocycles. The second kappa shape index (κ2) is 6.73. The smallest absolute Gasteiger partial charge is 0.0327 e. The van der Waals surface area contributed by atoms with Gasteiger partial charge in [0.25, 0.3) is 0 Å². The molecule has 0 spiro atoms. The van der Waals surface area contributed by atoms with E-state index in [1.54, 1.807) is 0 Å². The van der Waals surface area contributed by atoms with E-state index in [1.807, 2.05) is 11.3 Å². The molecule has 1 nitrogen and oxygen atoms in total. The van der Waals surface area contributed by atoms with Gasteiger partial charge < -0.3 is 5.32 Å². The van der Waals surface area contributed by atoms with Gasteiger partial charge in [-0.1, -0.05) is 20.8 Å². The minimum atomic E-state index is 0.500. The van der Waals surface area contributed by atoms with E-state index in [4.69, 9.17) is 0 Å². The zero-order valence-corrected chi connectivity index (χ0v) is 14.7. The molecule has 0 aromatic carbocycles. The van der Waals surface area contributed by atoms with Crippen molar-refractivity contribution < 1.29 is 0 Å². The standard InChI is InChI=1S/C16H26BrNS/c1-16(2,3)13-6-4-12(5-7-13)10-18-11-15-14(17)8-9-19-15/h8-9,12-13,18H,4-7,10-11H2,1-3H3. The molecule has 1 aliphatic carbocycles. The highest BCUT2D eigenvalue weighted by Gasteiger charge is 2.29. The maximum absolute atomic E-state index is 3.63. The first kappa shape index (κ1) is 15.5. The number of nitrogens with one attached hydrogen (secondary N) is 1. The number of rotatable bonds is 4. The largest absolute Gasteiger partial charge is 0.312 e. The molecular weight excluding hydrogens is 318 g/mol. The van der Waals surface area contributed by atoms with Crippen LogP contribution in [-0.2, 0) is 6.54 Å². The Morgan fingerprint density at radius 1 is 1.26 bits per heavy atom. The Hall–Kier alpha value is 0.140. The summed E-state index contributed by atoms with van der Waals surface area (Å²) in [5.74, 6) is 1.81. The quantitative estimate of drug-likeness (QED) is 0.765. The van der Waals surface area contributed by atoms with Gasteiger partial charge in [-0.05, 0) is 76.9 Å². The molecule has 1 aromatic heterocycles. The van der Waals surface area contributed by atoms with Crippen LogP contribution in [0.15, 0.2) is 15.9 Å². The van der Waals surface area contributed by atoms with E-state index in [2.05, 4.69) is 53.5 Å². The molecule has 1 fully saturated rings. The topological polar surface area (TPSA) is 12.0 Å². The van der Waals surface area contributed by atoms with Gasteiger partial charge in [-0.25, -0.2) is 0 Å². The van der Waals surface area contributed by atoms with Crippen molar-refractivity contribution in [3.63, 3.8) is 0 Å². The van der Waals surface area contributed by atoms with Crippen molar-refractivity contribution in [2.45, 2.75) is 53.0 Å². The zero-order valence-electron chi connectivity index (χ0n) is 12.3. The molecule has 1 N–H and O–H groups in total. The maximum Gasteiger partial charge on any atom is 0.0327 e. The summed E-state index contributed by atoms with van der Waals surface area (Å²) in [7, 11) is 0. The van der Waals surface area contributed by atoms with E-state index in [-0.39, 0.29) is 0 Å². The van der Waals surface area contributed by atoms with E-state index in [0.29, 0.717) is 5.41 Å². The molecule has 1 heterocycles. The Labute approximate surface area is 130 Å². The normalized spacial score (nSPS) is 24.6. The van der Waals surface area contributed by atoms with Crippen LogP contribution < -0.4 is 5.32 Å². The fraction of sp³-hybridized carbons (Fsp3) is 0.750. The Morgan fingerprint density at radius 2 is 1.95 bits per heavy atom. The van der Waals surface area contributed by atoms with Gasteiger partial charge in [0.05, 0.1) is 0 Å². The molecule has 1 aromatic rings. The maximum atomic E-state index is 3.63. The number of hydrogen-bond donors (Lipinski definition) is 1. The van der Waals surface area contributed by atoms with Crippen molar-refractivity contribution in [1.29, 1.82) is 0 Å². The number of thiophene rings is 1. The van der Waals surface area contributed by atoms with Crippen molar-refractivity contribution >= 4 is 27.3 Å². The van der Waals surface area contributed by atoms with Crippen LogP contribution in [0.3, 0.4) is 0 Å². The minimum absolute atomic E-state index is 0.500. The molecule has 0 amide bonds. The monoisotopic (exact) mass is 343 g/mol. The van der Waals surface area contributed by atoms with Crippen LogP contribution >= 0.6 is 27.3 Å². The van der Waals surface area contributed by atoms with Crippen LogP contribution in [0.2, 0.25) is 0 Å². The molecule has 1 saturated carbocycles. The van der Waals surface area contributed by atoms with Crippen molar-refractivity contribution in [2.75, 3.05) is 6.54 Å². The average molecular weight is 344 g/mol. The first-order valence-electron chi connectivity index (χ1n) is 7.39. The summed E-state index contributed by atoms with van der Waals surface area (Å²) in [5.41, 5.74) is 0.500. The van der Waals surface area contributed by atoms with Crippen molar-refractivity contribution in [3.8, 4) is 0 Å². The van der Waals surface area contributed by atoms with Crippen molar-refractivity contribution in [1.82, 2.24) is 5.32 Å². The van der Waals surface area contributed by atoms with Gasteiger partial charge in [-0.3, -0.25) is 0 Å². The molecule has 0 unspecified atom stereocenters. The third kappa shape index (κ3) is 4.57. The van der Waals surface area contributed by atoms with Crippen LogP contribution in [0, 0.1) is 17.3 Å². The lowest BCUT2D eigenvalue weighted by Crippen LogP contribution is -2.30. The van der Waals surface area contributed by atoms with Gasteiger partial charge in [0.1, 0.15) is 0 Å². The molecule has 108 valence electrons. The Balaban J connectivity index is 1.68. The lowest BCUT2D eigenvalue weighted by Gasteiger charge is -2.37. The van der Waals surface area contributed by atoms with Gasteiger partial charge in [0, 0.05) is 15.9 Å². The highest BCUT2D eigenvalue weighted by atomic mass is 79.9. The van der Waals surface area contributed by atoms with Crippen LogP contribution in [0.25, 0.3) is 0 Å². The van der Waals surface area contributed by atoms with Gasteiger partial charge in [0.15, 0.2) is 0 Å². The fourth-order valence-electron chi connectivity index (χ4n) is 3.07. The van der Waals surface area contributed by atoms with E-state index >= 15 is 0 Å². The summed E-state index contributed by atoms with van der Waals surface area (Å²) in [6.45, 7) is 9.37. The first-order chi connectivity index (χ1) is 8.97. The molecular formula is C16H26BrNS. The highest BCUT2D eigenvalue weighted by Crippen LogP contribution is 2.39. The second-order valence-corrected chi connectivity index (χ2v) is 8.76. The predicted octanol–water partition coefficient (Wildman–Crippen LogP) is 5.45. The summed E-state index contributed by atoms with van der Waals surface area (Å²) in [6.07, 6.45) is 5.64. The van der Waals surface area contributed by atoms with Crippen LogP contribution in [-0.4, -0.2) is 6.54 Å². The van der Waals surface area contributed by atoms with Crippen LogP contribution in [0.5, 0.6) is 0 Å². The van der Waals surface area contributed by atoms with Gasteiger partial charge in [-0.15, -0.1) is 11.3 Å². The minimum Gasteiger partial charge on any atom is -0.312 e. The van der Waals surface area contributed by atoms with Crippen molar-refractivity contribution in [2.24, 2.45) is 17.3 Å². The van der Waals surface area contributed by atoms with Crippen molar-refractivity contribution in [3.05, 3.63) is 20.8 Å². The number of halogens is 1. The summed E-state index contributed by atoms with van der Waals surface area (Å²) in [5, 5.41) is 5.78. The number of hydrogen-bond acceptors (Lipinski definition) is 2. The van der Waals surface area contributed by atoms with E-state index < -0.39 is 0 Å². The molecule has 0 radical (unpaired) electrons. The molecule has 3 heteroatoms. The van der Waals surface area contributed by atoms with Gasteiger partial charge in [-0.2, -0.15) is 0 Å². The molecule has 19 heavy (non-hydrogen) atoms. The molecule has 2 rings (SSSR count). The van der Waals surface area contributed by atoms with E-state index in [1.165, 1.54) is 41.6 Å². The molecule has 1 aliphatic rings. The lowest BCUT2D eigenvalue weighted by molar-refractivity contribution is 0.149. The van der Waals surface area contributed by atoms with Gasteiger partial charge in [0.2, 0.25) is 0 Å². The second-order valence-electron chi connectivity index (χ2n) is 6.91. The van der Waals surface area contributed by atoms with Crippen LogP contribution in [0.4, 0.5) is 0 Å². The van der Waals surface area contributed by atoms with E-state index in [0.717, 1.165) is 18.4 Å². The fourth-order valence-corrected chi connectivity index (χ4v) is 4.54. The summed E-state index contributed by atoms with van der Waals surface area (Å²) in [6, 6.07) is 2.14.